The second kappa shape index (κ2) is 9.69. The Morgan fingerprint density at radius 2 is 1.77 bits per heavy atom. The summed E-state index contributed by atoms with van der Waals surface area (Å²) >= 11 is 0. The summed E-state index contributed by atoms with van der Waals surface area (Å²) in [7, 11) is 0. The van der Waals surface area contributed by atoms with Crippen LogP contribution in [0.1, 0.15) is 23.9 Å². The number of hydrogen-bond acceptors (Lipinski definition) is 3. The zero-order valence-corrected chi connectivity index (χ0v) is 17.1. The third-order valence-electron chi connectivity index (χ3n) is 4.90. The maximum atomic E-state index is 4.78. The Morgan fingerprint density at radius 3 is 2.63 bits per heavy atom. The molecule has 2 aromatic heterocycles. The summed E-state index contributed by atoms with van der Waals surface area (Å²) in [6.07, 6.45) is 5.69. The second-order valence-electron chi connectivity index (χ2n) is 6.99. The van der Waals surface area contributed by atoms with Crippen molar-refractivity contribution in [1.82, 2.24) is 25.2 Å². The van der Waals surface area contributed by atoms with Gasteiger partial charge in [0.15, 0.2) is 5.96 Å². The van der Waals surface area contributed by atoms with Crippen LogP contribution in [-0.2, 0) is 19.6 Å². The van der Waals surface area contributed by atoms with Crippen molar-refractivity contribution >= 4 is 16.9 Å². The van der Waals surface area contributed by atoms with Crippen LogP contribution in [0.2, 0.25) is 0 Å². The lowest BCUT2D eigenvalue weighted by atomic mass is 10.1. The van der Waals surface area contributed by atoms with E-state index in [4.69, 9.17) is 4.99 Å². The Kier molecular flexibility index (Phi) is 6.35. The molecule has 2 heterocycles. The smallest absolute Gasteiger partial charge is 0.191 e. The summed E-state index contributed by atoms with van der Waals surface area (Å²) < 4.78 is 2.16. The molecule has 0 spiro atoms. The molecular formula is C24H26N6. The zero-order valence-electron chi connectivity index (χ0n) is 17.1. The van der Waals surface area contributed by atoms with E-state index in [1.165, 1.54) is 5.56 Å². The number of imidazole rings is 1. The van der Waals surface area contributed by atoms with Crippen LogP contribution in [0, 0.1) is 0 Å². The normalized spacial score (nSPS) is 11.6. The summed E-state index contributed by atoms with van der Waals surface area (Å²) in [5.41, 5.74) is 3.40. The van der Waals surface area contributed by atoms with E-state index in [-0.39, 0.29) is 0 Å². The van der Waals surface area contributed by atoms with Gasteiger partial charge in [0.05, 0.1) is 18.6 Å². The number of hydrogen-bond donors (Lipinski definition) is 2. The van der Waals surface area contributed by atoms with Crippen molar-refractivity contribution in [3.63, 3.8) is 0 Å². The number of guanidine groups is 1. The van der Waals surface area contributed by atoms with Crippen molar-refractivity contribution in [2.24, 2.45) is 4.99 Å². The topological polar surface area (TPSA) is 67.1 Å². The Bertz CT molecular complexity index is 1110. The molecule has 0 aliphatic rings. The number of rotatable bonds is 7. The number of aliphatic imine (C=N–C) groups is 1. The number of aromatic nitrogens is 3. The van der Waals surface area contributed by atoms with E-state index < -0.39 is 0 Å². The van der Waals surface area contributed by atoms with Crippen molar-refractivity contribution in [2.75, 3.05) is 6.54 Å². The lowest BCUT2D eigenvalue weighted by Crippen LogP contribution is -2.37. The fourth-order valence-electron chi connectivity index (χ4n) is 3.39. The monoisotopic (exact) mass is 398 g/mol. The minimum Gasteiger partial charge on any atom is -0.357 e. The van der Waals surface area contributed by atoms with Crippen LogP contribution in [0.25, 0.3) is 10.9 Å². The third-order valence-corrected chi connectivity index (χ3v) is 4.90. The van der Waals surface area contributed by atoms with Crippen LogP contribution >= 0.6 is 0 Å². The van der Waals surface area contributed by atoms with E-state index in [0.717, 1.165) is 41.3 Å². The largest absolute Gasteiger partial charge is 0.357 e. The summed E-state index contributed by atoms with van der Waals surface area (Å²) in [4.78, 5) is 13.7. The summed E-state index contributed by atoms with van der Waals surface area (Å²) in [5, 5.41) is 7.86. The highest BCUT2D eigenvalue weighted by atomic mass is 15.2. The maximum Gasteiger partial charge on any atom is 0.191 e. The Hall–Kier alpha value is -3.67. The number of fused-ring (bicyclic) bond motifs is 1. The highest BCUT2D eigenvalue weighted by molar-refractivity contribution is 5.83. The van der Waals surface area contributed by atoms with Crippen LogP contribution in [0.15, 0.2) is 84.2 Å². The van der Waals surface area contributed by atoms with Gasteiger partial charge in [-0.15, -0.1) is 0 Å². The van der Waals surface area contributed by atoms with Crippen molar-refractivity contribution < 1.29 is 0 Å². The molecule has 0 aliphatic heterocycles. The SMILES string of the molecule is CCNC(=NCc1ccnc2ccccc12)NCc1nccn1Cc1ccccc1. The lowest BCUT2D eigenvalue weighted by Gasteiger charge is -2.13. The van der Waals surface area contributed by atoms with Gasteiger partial charge in [0.1, 0.15) is 5.82 Å². The molecule has 30 heavy (non-hydrogen) atoms. The first-order chi connectivity index (χ1) is 14.8. The molecule has 0 radical (unpaired) electrons. The minimum atomic E-state index is 0.580. The van der Waals surface area contributed by atoms with Crippen LogP contribution in [0.5, 0.6) is 0 Å². The first-order valence-corrected chi connectivity index (χ1v) is 10.2. The number of nitrogens with zero attached hydrogens (tertiary/aromatic N) is 4. The van der Waals surface area contributed by atoms with Gasteiger partial charge in [-0.05, 0) is 30.2 Å². The zero-order chi connectivity index (χ0) is 20.6. The van der Waals surface area contributed by atoms with Crippen LogP contribution in [-0.4, -0.2) is 27.0 Å². The predicted octanol–water partition coefficient (Wildman–Crippen LogP) is 3.73. The fourth-order valence-corrected chi connectivity index (χ4v) is 3.39. The van der Waals surface area contributed by atoms with Gasteiger partial charge >= 0.3 is 0 Å². The molecule has 0 saturated carbocycles. The molecule has 4 aromatic rings. The van der Waals surface area contributed by atoms with Gasteiger partial charge in [-0.3, -0.25) is 4.98 Å². The summed E-state index contributed by atoms with van der Waals surface area (Å²) in [6.45, 7) is 4.84. The third kappa shape index (κ3) is 4.84. The van der Waals surface area contributed by atoms with Gasteiger partial charge in [-0.1, -0.05) is 48.5 Å². The molecule has 2 N–H and O–H groups in total. The molecule has 152 valence electrons. The van der Waals surface area contributed by atoms with Gasteiger partial charge in [-0.2, -0.15) is 0 Å². The van der Waals surface area contributed by atoms with E-state index in [1.54, 1.807) is 0 Å². The first kappa shape index (κ1) is 19.6. The van der Waals surface area contributed by atoms with Gasteiger partial charge in [0.25, 0.3) is 0 Å². The molecule has 4 rings (SSSR count). The molecule has 0 saturated heterocycles. The molecule has 6 heteroatoms. The number of para-hydroxylation sites is 1. The molecular weight excluding hydrogens is 372 g/mol. The molecule has 0 atom stereocenters. The number of benzene rings is 2. The Morgan fingerprint density at radius 1 is 0.933 bits per heavy atom. The van der Waals surface area contributed by atoms with Crippen molar-refractivity contribution in [3.05, 3.63) is 96.2 Å². The second-order valence-corrected chi connectivity index (χ2v) is 6.99. The molecule has 2 aromatic carbocycles. The molecule has 0 bridgehead atoms. The molecule has 0 fully saturated rings. The van der Waals surface area contributed by atoms with Gasteiger partial charge in [-0.25, -0.2) is 9.98 Å². The molecule has 0 unspecified atom stereocenters. The fraction of sp³-hybridized carbons (Fsp3) is 0.208. The predicted molar refractivity (Wildman–Crippen MR) is 121 cm³/mol. The van der Waals surface area contributed by atoms with Gasteiger partial charge < -0.3 is 15.2 Å². The van der Waals surface area contributed by atoms with Crippen LogP contribution in [0.3, 0.4) is 0 Å². The maximum absolute atomic E-state index is 4.78. The van der Waals surface area contributed by atoms with E-state index in [1.807, 2.05) is 48.9 Å². The minimum absolute atomic E-state index is 0.580. The van der Waals surface area contributed by atoms with E-state index >= 15 is 0 Å². The van der Waals surface area contributed by atoms with Crippen LogP contribution < -0.4 is 10.6 Å². The Balaban J connectivity index is 1.45. The van der Waals surface area contributed by atoms with E-state index in [0.29, 0.717) is 13.1 Å². The quantitative estimate of drug-likeness (QED) is 0.368. The molecule has 0 aliphatic carbocycles. The average molecular weight is 399 g/mol. The van der Waals surface area contributed by atoms with Crippen molar-refractivity contribution in [2.45, 2.75) is 26.6 Å². The van der Waals surface area contributed by atoms with Gasteiger partial charge in [0.2, 0.25) is 0 Å². The Labute approximate surface area is 176 Å². The van der Waals surface area contributed by atoms with Crippen molar-refractivity contribution in [1.29, 1.82) is 0 Å². The first-order valence-electron chi connectivity index (χ1n) is 10.2. The standard InChI is InChI=1S/C24H26N6/c1-2-25-24(28-16-20-12-13-26-22-11-7-6-10-21(20)22)29-17-23-27-14-15-30(23)18-19-8-4-3-5-9-19/h3-15H,2,16-18H2,1H3,(H2,25,28,29). The summed E-state index contributed by atoms with van der Waals surface area (Å²) in [5.74, 6) is 1.74. The van der Waals surface area contributed by atoms with Gasteiger partial charge in [0, 0.05) is 37.1 Å². The molecule has 0 amide bonds. The summed E-state index contributed by atoms with van der Waals surface area (Å²) in [6, 6.07) is 20.6. The number of nitrogens with one attached hydrogen (secondary N) is 2. The van der Waals surface area contributed by atoms with E-state index in [2.05, 4.69) is 62.4 Å². The highest BCUT2D eigenvalue weighted by Crippen LogP contribution is 2.16. The van der Waals surface area contributed by atoms with Crippen molar-refractivity contribution in [3.8, 4) is 0 Å². The van der Waals surface area contributed by atoms with Crippen LogP contribution in [0.4, 0.5) is 0 Å². The average Bonchev–Trinajstić information content (AvgIpc) is 3.23. The van der Waals surface area contributed by atoms with E-state index in [9.17, 15) is 0 Å². The number of pyridine rings is 1. The lowest BCUT2D eigenvalue weighted by molar-refractivity contribution is 0.688. The highest BCUT2D eigenvalue weighted by Gasteiger charge is 2.06. The molecule has 6 nitrogen and oxygen atoms in total.